The molecule has 1 heterocycles. The van der Waals surface area contributed by atoms with Gasteiger partial charge in [-0.25, -0.2) is 9.99 Å². The maximum Gasteiger partial charge on any atom is 0.307 e. The molecule has 0 spiro atoms. The second kappa shape index (κ2) is 9.27. The molecule has 0 radical (unpaired) electrons. The molecule has 0 saturated carbocycles. The molecule has 2 rings (SSSR count). The van der Waals surface area contributed by atoms with E-state index < -0.39 is 5.97 Å². The number of amides is 1. The number of rotatable bonds is 8. The Morgan fingerprint density at radius 1 is 1.26 bits per heavy atom. The fourth-order valence-corrected chi connectivity index (χ4v) is 2.45. The number of nitrogens with two attached hydrogens (primary N) is 1. The number of hydrogen-bond donors (Lipinski definition) is 1. The highest BCUT2D eigenvalue weighted by molar-refractivity contribution is 6.06. The lowest BCUT2D eigenvalue weighted by atomic mass is 10.1. The van der Waals surface area contributed by atoms with Crippen molar-refractivity contribution in [2.24, 2.45) is 5.29 Å². The van der Waals surface area contributed by atoms with E-state index in [0.717, 1.165) is 5.01 Å². The van der Waals surface area contributed by atoms with E-state index >= 15 is 0 Å². The SMILES string of the molecule is CCOC(=O)CCN(C(=O)c1ccc(N(C)N=O)c(N)c1)c1ccccn1. The van der Waals surface area contributed by atoms with E-state index in [9.17, 15) is 14.5 Å². The van der Waals surface area contributed by atoms with Gasteiger partial charge in [-0.2, -0.15) is 0 Å². The molecule has 2 N–H and O–H groups in total. The quantitative estimate of drug-likeness (QED) is 0.327. The van der Waals surface area contributed by atoms with Gasteiger partial charge < -0.3 is 10.5 Å². The van der Waals surface area contributed by atoms with E-state index in [1.54, 1.807) is 31.3 Å². The second-order valence-electron chi connectivity index (χ2n) is 5.58. The van der Waals surface area contributed by atoms with Crippen LogP contribution in [-0.4, -0.2) is 37.1 Å². The summed E-state index contributed by atoms with van der Waals surface area (Å²) >= 11 is 0. The van der Waals surface area contributed by atoms with Gasteiger partial charge in [0.2, 0.25) is 0 Å². The maximum absolute atomic E-state index is 13.0. The molecule has 9 nitrogen and oxygen atoms in total. The summed E-state index contributed by atoms with van der Waals surface area (Å²) in [5.41, 5.74) is 6.85. The number of nitrogen functional groups attached to an aromatic ring is 1. The second-order valence-corrected chi connectivity index (χ2v) is 5.58. The lowest BCUT2D eigenvalue weighted by Gasteiger charge is -2.22. The Balaban J connectivity index is 2.29. The minimum absolute atomic E-state index is 0.0293. The van der Waals surface area contributed by atoms with Crippen LogP contribution in [0.3, 0.4) is 0 Å². The van der Waals surface area contributed by atoms with Gasteiger partial charge >= 0.3 is 5.97 Å². The van der Waals surface area contributed by atoms with Crippen molar-refractivity contribution in [2.75, 3.05) is 35.8 Å². The Hall–Kier alpha value is -3.49. The number of ether oxygens (including phenoxy) is 1. The highest BCUT2D eigenvalue weighted by Gasteiger charge is 2.21. The molecule has 0 fully saturated rings. The molecule has 9 heteroatoms. The summed E-state index contributed by atoms with van der Waals surface area (Å²) in [5.74, 6) is -0.376. The van der Waals surface area contributed by atoms with Crippen molar-refractivity contribution in [1.29, 1.82) is 0 Å². The van der Waals surface area contributed by atoms with Crippen molar-refractivity contribution >= 4 is 29.1 Å². The molecule has 27 heavy (non-hydrogen) atoms. The van der Waals surface area contributed by atoms with E-state index in [1.165, 1.54) is 30.1 Å². The first-order valence-electron chi connectivity index (χ1n) is 8.33. The summed E-state index contributed by atoms with van der Waals surface area (Å²) in [6.45, 7) is 2.09. The van der Waals surface area contributed by atoms with E-state index in [-0.39, 0.29) is 31.2 Å². The van der Waals surface area contributed by atoms with E-state index in [2.05, 4.69) is 10.3 Å². The zero-order valence-electron chi connectivity index (χ0n) is 15.2. The third-order valence-electron chi connectivity index (χ3n) is 3.76. The van der Waals surface area contributed by atoms with E-state index in [1.807, 2.05) is 0 Å². The molecule has 0 saturated heterocycles. The van der Waals surface area contributed by atoms with Crippen molar-refractivity contribution in [3.63, 3.8) is 0 Å². The van der Waals surface area contributed by atoms with Gasteiger partial charge in [0, 0.05) is 25.4 Å². The molecular weight excluding hydrogens is 350 g/mol. The van der Waals surface area contributed by atoms with E-state index in [4.69, 9.17) is 10.5 Å². The Bertz CT molecular complexity index is 813. The smallest absolute Gasteiger partial charge is 0.307 e. The molecule has 0 bridgehead atoms. The van der Waals surface area contributed by atoms with Crippen LogP contribution in [-0.2, 0) is 9.53 Å². The maximum atomic E-state index is 13.0. The number of nitroso groups, excluding NO2 is 1. The number of anilines is 3. The highest BCUT2D eigenvalue weighted by Crippen LogP contribution is 2.25. The minimum atomic E-state index is -0.403. The Morgan fingerprint density at radius 3 is 2.63 bits per heavy atom. The summed E-state index contributed by atoms with van der Waals surface area (Å²) in [4.78, 5) is 40.9. The Morgan fingerprint density at radius 2 is 2.04 bits per heavy atom. The number of nitrogens with zero attached hydrogens (tertiary/aromatic N) is 4. The molecule has 0 aliphatic rings. The monoisotopic (exact) mass is 371 g/mol. The van der Waals surface area contributed by atoms with Gasteiger partial charge in [0.05, 0.1) is 29.7 Å². The van der Waals surface area contributed by atoms with E-state index in [0.29, 0.717) is 17.1 Å². The van der Waals surface area contributed by atoms with Crippen LogP contribution >= 0.6 is 0 Å². The third-order valence-corrected chi connectivity index (χ3v) is 3.76. The number of benzene rings is 1. The molecule has 0 unspecified atom stereocenters. The van der Waals surface area contributed by atoms with Crippen LogP contribution < -0.4 is 15.6 Å². The van der Waals surface area contributed by atoms with Gasteiger partial charge in [0.15, 0.2) is 0 Å². The van der Waals surface area contributed by atoms with Gasteiger partial charge in [0.25, 0.3) is 5.91 Å². The lowest BCUT2D eigenvalue weighted by Crippen LogP contribution is -2.34. The number of hydrogen-bond acceptors (Lipinski definition) is 7. The molecule has 0 aliphatic carbocycles. The van der Waals surface area contributed by atoms with Crippen molar-refractivity contribution in [1.82, 2.24) is 4.98 Å². The fourth-order valence-electron chi connectivity index (χ4n) is 2.45. The van der Waals surface area contributed by atoms with Crippen LogP contribution in [0.5, 0.6) is 0 Å². The normalized spacial score (nSPS) is 10.1. The molecule has 1 aromatic carbocycles. The average molecular weight is 371 g/mol. The number of aromatic nitrogens is 1. The molecule has 1 aromatic heterocycles. The largest absolute Gasteiger partial charge is 0.466 e. The highest BCUT2D eigenvalue weighted by atomic mass is 16.5. The predicted octanol–water partition coefficient (Wildman–Crippen LogP) is 2.38. The van der Waals surface area contributed by atoms with Crippen LogP contribution in [0.25, 0.3) is 0 Å². The molecule has 142 valence electrons. The van der Waals surface area contributed by atoms with Gasteiger partial charge in [-0.05, 0) is 37.3 Å². The van der Waals surface area contributed by atoms with Crippen molar-refractivity contribution in [2.45, 2.75) is 13.3 Å². The lowest BCUT2D eigenvalue weighted by molar-refractivity contribution is -0.142. The number of carbonyl (C=O) groups excluding carboxylic acids is 2. The third kappa shape index (κ3) is 5.00. The molecule has 0 atom stereocenters. The van der Waals surface area contributed by atoms with Crippen LogP contribution in [0.15, 0.2) is 47.9 Å². The molecule has 0 aliphatic heterocycles. The van der Waals surface area contributed by atoms with Gasteiger partial charge in [-0.1, -0.05) is 6.07 Å². The summed E-state index contributed by atoms with van der Waals surface area (Å²) < 4.78 is 4.92. The first kappa shape index (κ1) is 19.8. The summed E-state index contributed by atoms with van der Waals surface area (Å²) in [6, 6.07) is 9.67. The number of carbonyl (C=O) groups is 2. The number of esters is 1. The zero-order valence-corrected chi connectivity index (χ0v) is 15.2. The van der Waals surface area contributed by atoms with Gasteiger partial charge in [0.1, 0.15) is 5.82 Å². The van der Waals surface area contributed by atoms with Crippen LogP contribution in [0.1, 0.15) is 23.7 Å². The zero-order chi connectivity index (χ0) is 19.8. The topological polar surface area (TPSA) is 118 Å². The molecule has 1 amide bonds. The summed E-state index contributed by atoms with van der Waals surface area (Å²) in [5, 5.41) is 3.86. The minimum Gasteiger partial charge on any atom is -0.466 e. The van der Waals surface area contributed by atoms with Crippen LogP contribution in [0, 0.1) is 4.91 Å². The Labute approximate surface area is 156 Å². The van der Waals surface area contributed by atoms with Crippen LogP contribution in [0.4, 0.5) is 17.2 Å². The van der Waals surface area contributed by atoms with Crippen molar-refractivity contribution in [3.8, 4) is 0 Å². The van der Waals surface area contributed by atoms with Gasteiger partial charge in [-0.15, -0.1) is 4.91 Å². The Kier molecular flexibility index (Phi) is 6.81. The molecular formula is C18H21N5O4. The summed E-state index contributed by atoms with van der Waals surface area (Å²) in [7, 11) is 1.46. The number of pyridine rings is 1. The van der Waals surface area contributed by atoms with Crippen molar-refractivity contribution in [3.05, 3.63) is 53.1 Å². The van der Waals surface area contributed by atoms with Crippen molar-refractivity contribution < 1.29 is 14.3 Å². The average Bonchev–Trinajstić information content (AvgIpc) is 2.68. The first-order chi connectivity index (χ1) is 13.0. The standard InChI is InChI=1S/C18H21N5O4/c1-3-27-17(24)9-11-23(16-6-4-5-10-20-16)18(25)13-7-8-15(14(19)12-13)22(2)21-26/h4-8,10,12H,3,9,11,19H2,1-2H3. The molecule has 2 aromatic rings. The summed E-state index contributed by atoms with van der Waals surface area (Å²) in [6.07, 6.45) is 1.59. The fraction of sp³-hybridized carbons (Fsp3) is 0.278. The first-order valence-corrected chi connectivity index (χ1v) is 8.33. The van der Waals surface area contributed by atoms with Gasteiger partial charge in [-0.3, -0.25) is 14.5 Å². The van der Waals surface area contributed by atoms with Crippen LogP contribution in [0.2, 0.25) is 0 Å². The predicted molar refractivity (Wildman–Crippen MR) is 102 cm³/mol.